The van der Waals surface area contributed by atoms with Crippen LogP contribution in [0.2, 0.25) is 5.02 Å². The molecule has 1 aliphatic rings. The fourth-order valence-corrected chi connectivity index (χ4v) is 2.44. The summed E-state index contributed by atoms with van der Waals surface area (Å²) in [5.41, 5.74) is 6.57. The Bertz CT molecular complexity index is 530. The Hall–Kier alpha value is -1.37. The third-order valence-electron chi connectivity index (χ3n) is 2.96. The molecule has 0 unspecified atom stereocenters. The zero-order valence-electron chi connectivity index (χ0n) is 11.4. The first-order valence-electron chi connectivity index (χ1n) is 6.69. The number of hydrogen-bond acceptors (Lipinski definition) is 2. The molecule has 0 aromatic heterocycles. The standard InChI is InChI=1S/C14H17ClN4S2/c15-10-6-8-12(9-7-10)17-14(21)19-18-13(20)16-11-4-2-1-3-5-11/h2,4,6-9,11H,1,3,5H2,(H2,16,18,20)(H2,17,19,21)/t11-/m1/s1. The SMILES string of the molecule is S=C(NNC(=S)N[C@@H]1C=CCCC1)Nc1ccc(Cl)cc1. The summed E-state index contributed by atoms with van der Waals surface area (Å²) >= 11 is 16.2. The van der Waals surface area contributed by atoms with Crippen molar-refractivity contribution in [2.45, 2.75) is 25.3 Å². The Balaban J connectivity index is 1.70. The number of thiocarbonyl (C=S) groups is 2. The Morgan fingerprint density at radius 2 is 1.81 bits per heavy atom. The molecule has 0 saturated carbocycles. The van der Waals surface area contributed by atoms with Crippen molar-refractivity contribution in [3.63, 3.8) is 0 Å². The molecule has 0 amide bonds. The van der Waals surface area contributed by atoms with Gasteiger partial charge >= 0.3 is 0 Å². The van der Waals surface area contributed by atoms with Crippen LogP contribution < -0.4 is 21.5 Å². The third kappa shape index (κ3) is 5.87. The lowest BCUT2D eigenvalue weighted by Gasteiger charge is -2.21. The Morgan fingerprint density at radius 1 is 1.10 bits per heavy atom. The lowest BCUT2D eigenvalue weighted by molar-refractivity contribution is 0.593. The van der Waals surface area contributed by atoms with Crippen molar-refractivity contribution in [3.05, 3.63) is 41.4 Å². The minimum Gasteiger partial charge on any atom is -0.355 e. The summed E-state index contributed by atoms with van der Waals surface area (Å²) < 4.78 is 0. The molecule has 1 atom stereocenters. The topological polar surface area (TPSA) is 48.1 Å². The van der Waals surface area contributed by atoms with Gasteiger partial charge in [-0.05, 0) is 68.0 Å². The average Bonchev–Trinajstić information content (AvgIpc) is 2.49. The summed E-state index contributed by atoms with van der Waals surface area (Å²) in [7, 11) is 0. The van der Waals surface area contributed by atoms with Crippen LogP contribution in [0.4, 0.5) is 5.69 Å². The van der Waals surface area contributed by atoms with Crippen LogP contribution in [-0.4, -0.2) is 16.3 Å². The average molecular weight is 341 g/mol. The molecule has 0 aliphatic heterocycles. The van der Waals surface area contributed by atoms with Crippen LogP contribution in [0.3, 0.4) is 0 Å². The van der Waals surface area contributed by atoms with Crippen LogP contribution in [0.5, 0.6) is 0 Å². The van der Waals surface area contributed by atoms with Gasteiger partial charge in [-0.3, -0.25) is 10.9 Å². The Labute approximate surface area is 140 Å². The van der Waals surface area contributed by atoms with E-state index < -0.39 is 0 Å². The van der Waals surface area contributed by atoms with E-state index in [0.717, 1.165) is 18.5 Å². The fraction of sp³-hybridized carbons (Fsp3) is 0.286. The largest absolute Gasteiger partial charge is 0.355 e. The number of rotatable bonds is 2. The monoisotopic (exact) mass is 340 g/mol. The summed E-state index contributed by atoms with van der Waals surface area (Å²) in [6.45, 7) is 0. The van der Waals surface area contributed by atoms with Crippen LogP contribution in [0, 0.1) is 0 Å². The first-order valence-corrected chi connectivity index (χ1v) is 7.88. The first kappa shape index (κ1) is 16.0. The van der Waals surface area contributed by atoms with Gasteiger partial charge in [0.25, 0.3) is 0 Å². The summed E-state index contributed by atoms with van der Waals surface area (Å²) in [6.07, 6.45) is 7.73. The molecule has 7 heteroatoms. The molecular formula is C14H17ClN4S2. The highest BCUT2D eigenvalue weighted by Gasteiger charge is 2.09. The predicted octanol–water partition coefficient (Wildman–Crippen LogP) is 3.11. The molecule has 0 spiro atoms. The van der Waals surface area contributed by atoms with Crippen molar-refractivity contribution in [2.24, 2.45) is 0 Å². The molecule has 4 N–H and O–H groups in total. The molecule has 0 radical (unpaired) electrons. The van der Waals surface area contributed by atoms with Gasteiger partial charge in [0.05, 0.1) is 0 Å². The van der Waals surface area contributed by atoms with Gasteiger partial charge < -0.3 is 10.6 Å². The van der Waals surface area contributed by atoms with Gasteiger partial charge in [-0.1, -0.05) is 23.8 Å². The summed E-state index contributed by atoms with van der Waals surface area (Å²) in [4.78, 5) is 0. The Kier molecular flexibility index (Phi) is 6.22. The Morgan fingerprint density at radius 3 is 2.48 bits per heavy atom. The van der Waals surface area contributed by atoms with Crippen molar-refractivity contribution >= 4 is 51.9 Å². The van der Waals surface area contributed by atoms with E-state index in [1.165, 1.54) is 6.42 Å². The van der Waals surface area contributed by atoms with Crippen molar-refractivity contribution in [3.8, 4) is 0 Å². The quantitative estimate of drug-likeness (QED) is 0.377. The second-order valence-electron chi connectivity index (χ2n) is 4.65. The zero-order valence-corrected chi connectivity index (χ0v) is 13.7. The van der Waals surface area contributed by atoms with Crippen LogP contribution in [0.1, 0.15) is 19.3 Å². The van der Waals surface area contributed by atoms with Gasteiger partial charge in [-0.25, -0.2) is 0 Å². The number of halogens is 1. The van der Waals surface area contributed by atoms with E-state index in [-0.39, 0.29) is 0 Å². The minimum atomic E-state index is 0.290. The number of allylic oxidation sites excluding steroid dienone is 1. The highest BCUT2D eigenvalue weighted by molar-refractivity contribution is 7.80. The summed E-state index contributed by atoms with van der Waals surface area (Å²) in [5, 5.41) is 7.87. The molecule has 112 valence electrons. The summed E-state index contributed by atoms with van der Waals surface area (Å²) in [5.74, 6) is 0. The second-order valence-corrected chi connectivity index (χ2v) is 5.90. The van der Waals surface area contributed by atoms with Crippen LogP contribution in [0.25, 0.3) is 0 Å². The van der Waals surface area contributed by atoms with Crippen molar-refractivity contribution in [1.29, 1.82) is 0 Å². The molecule has 0 saturated heterocycles. The van der Waals surface area contributed by atoms with Gasteiger partial charge in [0.15, 0.2) is 10.2 Å². The van der Waals surface area contributed by atoms with E-state index in [1.54, 1.807) is 12.1 Å². The maximum atomic E-state index is 5.82. The normalized spacial score (nSPS) is 16.9. The second kappa shape index (κ2) is 8.17. The van der Waals surface area contributed by atoms with Crippen molar-refractivity contribution < 1.29 is 0 Å². The highest BCUT2D eigenvalue weighted by Crippen LogP contribution is 2.13. The number of nitrogens with one attached hydrogen (secondary N) is 4. The molecule has 2 rings (SSSR count). The van der Waals surface area contributed by atoms with Crippen LogP contribution >= 0.6 is 36.0 Å². The van der Waals surface area contributed by atoms with Gasteiger partial charge in [0, 0.05) is 16.8 Å². The van der Waals surface area contributed by atoms with Crippen LogP contribution in [0.15, 0.2) is 36.4 Å². The molecule has 0 fully saturated rings. The molecular weight excluding hydrogens is 324 g/mol. The number of benzene rings is 1. The van der Waals surface area contributed by atoms with E-state index in [1.807, 2.05) is 12.1 Å². The number of hydrogen-bond donors (Lipinski definition) is 4. The molecule has 0 bridgehead atoms. The fourth-order valence-electron chi connectivity index (χ4n) is 1.95. The number of hydrazine groups is 1. The molecule has 21 heavy (non-hydrogen) atoms. The third-order valence-corrected chi connectivity index (χ3v) is 3.64. The molecule has 0 heterocycles. The minimum absolute atomic E-state index is 0.290. The molecule has 1 aromatic carbocycles. The lowest BCUT2D eigenvalue weighted by Crippen LogP contribution is -2.50. The van der Waals surface area contributed by atoms with E-state index in [2.05, 4.69) is 33.6 Å². The maximum Gasteiger partial charge on any atom is 0.189 e. The predicted molar refractivity (Wildman–Crippen MR) is 96.5 cm³/mol. The van der Waals surface area contributed by atoms with Crippen molar-refractivity contribution in [1.82, 2.24) is 16.2 Å². The number of anilines is 1. The summed E-state index contributed by atoms with van der Waals surface area (Å²) in [6, 6.07) is 7.57. The van der Waals surface area contributed by atoms with E-state index in [4.69, 9.17) is 36.0 Å². The van der Waals surface area contributed by atoms with Gasteiger partial charge in [-0.15, -0.1) is 0 Å². The van der Waals surface area contributed by atoms with E-state index in [0.29, 0.717) is 21.3 Å². The smallest absolute Gasteiger partial charge is 0.189 e. The van der Waals surface area contributed by atoms with Crippen LogP contribution in [-0.2, 0) is 0 Å². The molecule has 1 aromatic rings. The lowest BCUT2D eigenvalue weighted by atomic mass is 10.0. The van der Waals surface area contributed by atoms with Gasteiger partial charge in [0.1, 0.15) is 0 Å². The van der Waals surface area contributed by atoms with Gasteiger partial charge in [-0.2, -0.15) is 0 Å². The first-order chi connectivity index (χ1) is 10.1. The van der Waals surface area contributed by atoms with E-state index in [9.17, 15) is 0 Å². The van der Waals surface area contributed by atoms with Gasteiger partial charge in [0.2, 0.25) is 0 Å². The van der Waals surface area contributed by atoms with E-state index >= 15 is 0 Å². The maximum absolute atomic E-state index is 5.82. The molecule has 1 aliphatic carbocycles. The highest BCUT2D eigenvalue weighted by atomic mass is 35.5. The van der Waals surface area contributed by atoms with Crippen molar-refractivity contribution in [2.75, 3.05) is 5.32 Å². The zero-order chi connectivity index (χ0) is 15.1. The molecule has 4 nitrogen and oxygen atoms in total.